The summed E-state index contributed by atoms with van der Waals surface area (Å²) in [6.45, 7) is 0. The number of benzene rings is 2. The summed E-state index contributed by atoms with van der Waals surface area (Å²) in [5.74, 6) is 0. The van der Waals surface area contributed by atoms with Gasteiger partial charge in [0.15, 0.2) is 0 Å². The molecule has 0 aliphatic rings. The zero-order chi connectivity index (χ0) is 15.2. The summed E-state index contributed by atoms with van der Waals surface area (Å²) in [6.07, 6.45) is 3.19. The number of nitrogens with zero attached hydrogens (tertiary/aromatic N) is 3. The van der Waals surface area contributed by atoms with Crippen molar-refractivity contribution in [2.24, 2.45) is 4.99 Å². The maximum Gasteiger partial charge on any atom is 0.101 e. The molecule has 3 nitrogen and oxygen atoms in total. The lowest BCUT2D eigenvalue weighted by Gasteiger charge is -2.07. The Morgan fingerprint density at radius 3 is 2.00 bits per heavy atom. The topological polar surface area (TPSA) is 49.0 Å². The third-order valence-electron chi connectivity index (χ3n) is 3.19. The van der Waals surface area contributed by atoms with Crippen molar-refractivity contribution >= 4 is 11.4 Å². The third kappa shape index (κ3) is 3.08. The SMILES string of the molecule is N#Cc1cncc(N=C(c2ccccc2)c2ccccc2)c1. The van der Waals surface area contributed by atoms with E-state index in [2.05, 4.69) is 11.1 Å². The first-order valence-electron chi connectivity index (χ1n) is 6.91. The van der Waals surface area contributed by atoms with E-state index in [1.807, 2.05) is 60.7 Å². The second-order valence-electron chi connectivity index (χ2n) is 4.74. The van der Waals surface area contributed by atoms with Crippen LogP contribution in [-0.4, -0.2) is 10.7 Å². The predicted octanol–water partition coefficient (Wildman–Crippen LogP) is 4.12. The summed E-state index contributed by atoms with van der Waals surface area (Å²) in [5, 5.41) is 8.99. The van der Waals surface area contributed by atoms with Crippen LogP contribution in [0, 0.1) is 11.3 Å². The van der Waals surface area contributed by atoms with Crippen molar-refractivity contribution in [2.45, 2.75) is 0 Å². The van der Waals surface area contributed by atoms with Gasteiger partial charge in [0, 0.05) is 17.3 Å². The van der Waals surface area contributed by atoms with Crippen molar-refractivity contribution in [3.8, 4) is 6.07 Å². The molecular formula is C19H13N3. The molecule has 0 amide bonds. The normalized spacial score (nSPS) is 9.77. The summed E-state index contributed by atoms with van der Waals surface area (Å²) in [5.41, 5.74) is 4.08. The van der Waals surface area contributed by atoms with Crippen molar-refractivity contribution in [1.29, 1.82) is 5.26 Å². The molecule has 3 aromatic rings. The van der Waals surface area contributed by atoms with Gasteiger partial charge in [-0.05, 0) is 6.07 Å². The van der Waals surface area contributed by atoms with E-state index in [1.54, 1.807) is 12.3 Å². The average molecular weight is 283 g/mol. The molecular weight excluding hydrogens is 270 g/mol. The molecule has 2 aromatic carbocycles. The van der Waals surface area contributed by atoms with E-state index < -0.39 is 0 Å². The molecule has 0 aliphatic carbocycles. The van der Waals surface area contributed by atoms with E-state index in [4.69, 9.17) is 10.3 Å². The van der Waals surface area contributed by atoms with Crippen LogP contribution >= 0.6 is 0 Å². The minimum atomic E-state index is 0.502. The molecule has 0 aliphatic heterocycles. The minimum Gasteiger partial charge on any atom is -0.261 e. The first-order chi connectivity index (χ1) is 10.9. The van der Waals surface area contributed by atoms with Crippen LogP contribution in [0.25, 0.3) is 0 Å². The Morgan fingerprint density at radius 1 is 0.864 bits per heavy atom. The molecule has 0 unspecified atom stereocenters. The molecule has 1 heterocycles. The molecule has 3 heteroatoms. The number of hydrogen-bond acceptors (Lipinski definition) is 3. The highest BCUT2D eigenvalue weighted by Gasteiger charge is 2.07. The van der Waals surface area contributed by atoms with Crippen LogP contribution in [0.2, 0.25) is 0 Å². The van der Waals surface area contributed by atoms with Gasteiger partial charge in [-0.3, -0.25) is 4.98 Å². The fourth-order valence-electron chi connectivity index (χ4n) is 2.17. The highest BCUT2D eigenvalue weighted by molar-refractivity contribution is 6.13. The van der Waals surface area contributed by atoms with Crippen LogP contribution in [0.5, 0.6) is 0 Å². The molecule has 0 atom stereocenters. The first-order valence-corrected chi connectivity index (χ1v) is 6.91. The molecule has 0 fully saturated rings. The average Bonchev–Trinajstić information content (AvgIpc) is 2.61. The zero-order valence-electron chi connectivity index (χ0n) is 11.8. The fraction of sp³-hybridized carbons (Fsp3) is 0. The molecule has 0 saturated heterocycles. The first kappa shape index (κ1) is 13.7. The maximum absolute atomic E-state index is 8.99. The maximum atomic E-state index is 8.99. The molecule has 0 spiro atoms. The summed E-state index contributed by atoms with van der Waals surface area (Å²) >= 11 is 0. The van der Waals surface area contributed by atoms with E-state index in [0.29, 0.717) is 11.3 Å². The largest absolute Gasteiger partial charge is 0.261 e. The van der Waals surface area contributed by atoms with Gasteiger partial charge in [0.05, 0.1) is 23.2 Å². The molecule has 0 radical (unpaired) electrons. The van der Waals surface area contributed by atoms with Crippen molar-refractivity contribution in [2.75, 3.05) is 0 Å². The Labute approximate surface area is 129 Å². The van der Waals surface area contributed by atoms with Gasteiger partial charge in [-0.2, -0.15) is 5.26 Å². The molecule has 104 valence electrons. The van der Waals surface area contributed by atoms with Crippen LogP contribution < -0.4 is 0 Å². The number of aromatic nitrogens is 1. The molecule has 1 aromatic heterocycles. The molecule has 3 rings (SSSR count). The summed E-state index contributed by atoms with van der Waals surface area (Å²) in [6, 6.07) is 23.8. The highest BCUT2D eigenvalue weighted by atomic mass is 14.8. The van der Waals surface area contributed by atoms with Gasteiger partial charge < -0.3 is 0 Å². The van der Waals surface area contributed by atoms with Crippen molar-refractivity contribution in [3.05, 3.63) is 95.8 Å². The Morgan fingerprint density at radius 2 is 1.45 bits per heavy atom. The quantitative estimate of drug-likeness (QED) is 0.679. The summed E-state index contributed by atoms with van der Waals surface area (Å²) in [4.78, 5) is 8.78. The molecule has 0 N–H and O–H groups in total. The van der Waals surface area contributed by atoms with Crippen molar-refractivity contribution in [3.63, 3.8) is 0 Å². The minimum absolute atomic E-state index is 0.502. The molecule has 22 heavy (non-hydrogen) atoms. The Bertz CT molecular complexity index is 790. The Kier molecular flexibility index (Phi) is 4.03. The van der Waals surface area contributed by atoms with Gasteiger partial charge in [-0.25, -0.2) is 4.99 Å². The van der Waals surface area contributed by atoms with Gasteiger partial charge in [-0.1, -0.05) is 60.7 Å². The number of pyridine rings is 1. The smallest absolute Gasteiger partial charge is 0.101 e. The fourth-order valence-corrected chi connectivity index (χ4v) is 2.17. The standard InChI is InChI=1S/C19H13N3/c20-12-15-11-18(14-21-13-15)22-19(16-7-3-1-4-8-16)17-9-5-2-6-10-17/h1-11,13-14H. The summed E-state index contributed by atoms with van der Waals surface area (Å²) in [7, 11) is 0. The van der Waals surface area contributed by atoms with E-state index >= 15 is 0 Å². The molecule has 0 bridgehead atoms. The Hall–Kier alpha value is -3.25. The van der Waals surface area contributed by atoms with Crippen LogP contribution in [-0.2, 0) is 0 Å². The number of rotatable bonds is 3. The van der Waals surface area contributed by atoms with Crippen molar-refractivity contribution in [1.82, 2.24) is 4.98 Å². The van der Waals surface area contributed by atoms with Gasteiger partial charge in [-0.15, -0.1) is 0 Å². The number of nitriles is 1. The van der Waals surface area contributed by atoms with Gasteiger partial charge >= 0.3 is 0 Å². The zero-order valence-corrected chi connectivity index (χ0v) is 11.8. The van der Waals surface area contributed by atoms with Gasteiger partial charge in [0.1, 0.15) is 6.07 Å². The number of aliphatic imine (C=N–C) groups is 1. The molecule has 0 saturated carbocycles. The lowest BCUT2D eigenvalue weighted by molar-refractivity contribution is 1.28. The lowest BCUT2D eigenvalue weighted by Crippen LogP contribution is -2.02. The predicted molar refractivity (Wildman–Crippen MR) is 87.1 cm³/mol. The van der Waals surface area contributed by atoms with Crippen LogP contribution in [0.15, 0.2) is 84.1 Å². The van der Waals surface area contributed by atoms with Crippen molar-refractivity contribution < 1.29 is 0 Å². The number of hydrogen-bond donors (Lipinski definition) is 0. The van der Waals surface area contributed by atoms with E-state index in [9.17, 15) is 0 Å². The van der Waals surface area contributed by atoms with Gasteiger partial charge in [0.25, 0.3) is 0 Å². The lowest BCUT2D eigenvalue weighted by atomic mass is 10.0. The second-order valence-corrected chi connectivity index (χ2v) is 4.74. The Balaban J connectivity index is 2.13. The van der Waals surface area contributed by atoms with Gasteiger partial charge in [0.2, 0.25) is 0 Å². The summed E-state index contributed by atoms with van der Waals surface area (Å²) < 4.78 is 0. The third-order valence-corrected chi connectivity index (χ3v) is 3.19. The van der Waals surface area contributed by atoms with E-state index in [0.717, 1.165) is 16.8 Å². The highest BCUT2D eigenvalue weighted by Crippen LogP contribution is 2.18. The van der Waals surface area contributed by atoms with E-state index in [1.165, 1.54) is 6.20 Å². The van der Waals surface area contributed by atoms with Crippen LogP contribution in [0.3, 0.4) is 0 Å². The monoisotopic (exact) mass is 283 g/mol. The van der Waals surface area contributed by atoms with E-state index in [-0.39, 0.29) is 0 Å². The van der Waals surface area contributed by atoms with Crippen LogP contribution in [0.4, 0.5) is 5.69 Å². The second kappa shape index (κ2) is 6.47. The van der Waals surface area contributed by atoms with Crippen LogP contribution in [0.1, 0.15) is 16.7 Å².